The van der Waals surface area contributed by atoms with Crippen molar-refractivity contribution in [3.63, 3.8) is 0 Å². The summed E-state index contributed by atoms with van der Waals surface area (Å²) >= 11 is 5.51. The van der Waals surface area contributed by atoms with Crippen LogP contribution in [-0.4, -0.2) is 22.3 Å². The van der Waals surface area contributed by atoms with E-state index in [9.17, 15) is 19.4 Å². The summed E-state index contributed by atoms with van der Waals surface area (Å²) in [6.07, 6.45) is -2.07. The van der Waals surface area contributed by atoms with E-state index in [2.05, 4.69) is 0 Å². The van der Waals surface area contributed by atoms with Crippen LogP contribution in [-0.2, 0) is 4.74 Å². The lowest BCUT2D eigenvalue weighted by Gasteiger charge is -2.50. The third-order valence-electron chi connectivity index (χ3n) is 3.44. The molecular formula is C8H9ClF5NOS. The van der Waals surface area contributed by atoms with Gasteiger partial charge in [-0.1, -0.05) is 19.4 Å². The van der Waals surface area contributed by atoms with Crippen molar-refractivity contribution in [3.8, 4) is 6.07 Å². The molecule has 0 aromatic heterocycles. The molecule has 0 amide bonds. The molecule has 0 N–H and O–H groups in total. The van der Waals surface area contributed by atoms with Crippen LogP contribution in [0.15, 0.2) is 0 Å². The van der Waals surface area contributed by atoms with Crippen molar-refractivity contribution in [2.24, 2.45) is 5.92 Å². The highest BCUT2D eigenvalue weighted by Crippen LogP contribution is 3.02. The molecule has 0 aliphatic carbocycles. The fourth-order valence-electron chi connectivity index (χ4n) is 2.59. The SMILES string of the molecule is CC12OC(CC1C#N)C(S(F)(F)(F)(F)F)C2Cl. The van der Waals surface area contributed by atoms with Crippen LogP contribution in [0.5, 0.6) is 0 Å². The molecular weight excluding hydrogens is 289 g/mol. The molecule has 2 saturated heterocycles. The minimum absolute atomic E-state index is 0.355. The lowest BCUT2D eigenvalue weighted by molar-refractivity contribution is 0.0181. The van der Waals surface area contributed by atoms with E-state index in [1.807, 2.05) is 0 Å². The normalized spacial score (nSPS) is 49.5. The van der Waals surface area contributed by atoms with Crippen LogP contribution in [0.25, 0.3) is 0 Å². The maximum absolute atomic E-state index is 12.8. The van der Waals surface area contributed by atoms with E-state index in [1.165, 1.54) is 6.92 Å². The zero-order chi connectivity index (χ0) is 13.3. The second-order valence-corrected chi connectivity index (χ2v) is 7.72. The average molecular weight is 298 g/mol. The lowest BCUT2D eigenvalue weighted by Crippen LogP contribution is -2.49. The highest BCUT2D eigenvalue weighted by atomic mass is 35.5. The molecule has 0 saturated carbocycles. The zero-order valence-electron chi connectivity index (χ0n) is 8.55. The Labute approximate surface area is 99.4 Å². The minimum atomic E-state index is -9.71. The van der Waals surface area contributed by atoms with Crippen molar-refractivity contribution >= 4 is 21.8 Å². The molecule has 9 heteroatoms. The van der Waals surface area contributed by atoms with E-state index < -0.39 is 38.5 Å². The summed E-state index contributed by atoms with van der Waals surface area (Å²) in [7, 11) is -9.71. The quantitative estimate of drug-likeness (QED) is 0.542. The van der Waals surface area contributed by atoms with Gasteiger partial charge in [-0.3, -0.25) is 0 Å². The molecule has 2 heterocycles. The fraction of sp³-hybridized carbons (Fsp3) is 0.875. The number of ether oxygens (including phenoxy) is 1. The van der Waals surface area contributed by atoms with Gasteiger partial charge in [-0.2, -0.15) is 5.26 Å². The van der Waals surface area contributed by atoms with Crippen molar-refractivity contribution in [2.75, 3.05) is 0 Å². The molecule has 2 nitrogen and oxygen atoms in total. The number of hydrogen-bond donors (Lipinski definition) is 0. The molecule has 0 radical (unpaired) electrons. The van der Waals surface area contributed by atoms with Crippen molar-refractivity contribution in [1.82, 2.24) is 0 Å². The maximum atomic E-state index is 12.8. The van der Waals surface area contributed by atoms with Crippen LogP contribution in [0.1, 0.15) is 13.3 Å². The first-order valence-electron chi connectivity index (χ1n) is 4.74. The predicted molar refractivity (Wildman–Crippen MR) is 53.6 cm³/mol. The minimum Gasteiger partial charge on any atom is -0.367 e. The van der Waals surface area contributed by atoms with Crippen LogP contribution >= 0.6 is 21.8 Å². The number of hydrogen-bond acceptors (Lipinski definition) is 2. The summed E-state index contributed by atoms with van der Waals surface area (Å²) in [5.41, 5.74) is -1.65. The Morgan fingerprint density at radius 1 is 1.35 bits per heavy atom. The van der Waals surface area contributed by atoms with Gasteiger partial charge in [0.05, 0.1) is 29.1 Å². The number of halogens is 6. The van der Waals surface area contributed by atoms with E-state index in [1.54, 1.807) is 6.07 Å². The van der Waals surface area contributed by atoms with Crippen LogP contribution < -0.4 is 0 Å². The first-order valence-corrected chi connectivity index (χ1v) is 7.19. The van der Waals surface area contributed by atoms with Crippen molar-refractivity contribution < 1.29 is 24.2 Å². The Morgan fingerprint density at radius 2 is 1.88 bits per heavy atom. The number of nitriles is 1. The van der Waals surface area contributed by atoms with Crippen LogP contribution in [0.4, 0.5) is 19.4 Å². The molecule has 5 unspecified atom stereocenters. The van der Waals surface area contributed by atoms with Crippen molar-refractivity contribution in [2.45, 2.75) is 35.7 Å². The maximum Gasteiger partial charge on any atom is 0.292 e. The summed E-state index contributed by atoms with van der Waals surface area (Å²) in [6.45, 7) is 1.18. The van der Waals surface area contributed by atoms with Gasteiger partial charge in [0.25, 0.3) is 10.2 Å². The summed E-state index contributed by atoms with van der Waals surface area (Å²) in [6, 6.07) is 1.75. The number of alkyl halides is 1. The van der Waals surface area contributed by atoms with Crippen LogP contribution in [0.3, 0.4) is 0 Å². The highest BCUT2D eigenvalue weighted by molar-refractivity contribution is 8.46. The van der Waals surface area contributed by atoms with Gasteiger partial charge in [-0.05, 0) is 13.3 Å². The van der Waals surface area contributed by atoms with E-state index in [-0.39, 0.29) is 6.42 Å². The molecule has 2 aliphatic rings. The van der Waals surface area contributed by atoms with E-state index in [0.29, 0.717) is 0 Å². The molecule has 2 aliphatic heterocycles. The van der Waals surface area contributed by atoms with E-state index in [0.717, 1.165) is 0 Å². The first-order chi connectivity index (χ1) is 7.29. The summed E-state index contributed by atoms with van der Waals surface area (Å²) in [5, 5.41) is 3.85. The second-order valence-electron chi connectivity index (χ2n) is 4.65. The Kier molecular flexibility index (Phi) is 2.08. The van der Waals surface area contributed by atoms with Gasteiger partial charge in [0, 0.05) is 0 Å². The molecule has 2 fully saturated rings. The molecule has 17 heavy (non-hydrogen) atoms. The zero-order valence-corrected chi connectivity index (χ0v) is 10.1. The average Bonchev–Trinajstić information content (AvgIpc) is 2.50. The van der Waals surface area contributed by atoms with Gasteiger partial charge < -0.3 is 4.74 Å². The molecule has 0 aromatic rings. The Balaban J connectivity index is 2.45. The molecule has 5 atom stereocenters. The Bertz CT molecular complexity index is 419. The summed E-state index contributed by atoms with van der Waals surface area (Å²) in [5.74, 6) is -0.883. The predicted octanol–water partition coefficient (Wildman–Crippen LogP) is 3.96. The van der Waals surface area contributed by atoms with Gasteiger partial charge in [0.15, 0.2) is 0 Å². The van der Waals surface area contributed by atoms with Gasteiger partial charge in [-0.15, -0.1) is 11.6 Å². The standard InChI is InChI=1S/C8H9ClF5NOS/c1-8-4(3-15)2-5(16-8)6(7(8)9)17(10,11,12,13)14/h4-7H,2H2,1H3. The van der Waals surface area contributed by atoms with Gasteiger partial charge in [0.2, 0.25) is 0 Å². The summed E-state index contributed by atoms with van der Waals surface area (Å²) < 4.78 is 68.8. The van der Waals surface area contributed by atoms with E-state index in [4.69, 9.17) is 21.6 Å². The number of nitrogens with zero attached hydrogens (tertiary/aromatic N) is 1. The van der Waals surface area contributed by atoms with E-state index >= 15 is 0 Å². The number of rotatable bonds is 1. The monoisotopic (exact) mass is 297 g/mol. The molecule has 100 valence electrons. The van der Waals surface area contributed by atoms with Gasteiger partial charge >= 0.3 is 0 Å². The second kappa shape index (κ2) is 2.68. The third-order valence-corrected chi connectivity index (χ3v) is 5.90. The lowest BCUT2D eigenvalue weighted by atomic mass is 9.80. The molecule has 0 spiro atoms. The smallest absolute Gasteiger partial charge is 0.292 e. The first kappa shape index (κ1) is 13.2. The van der Waals surface area contributed by atoms with Crippen LogP contribution in [0.2, 0.25) is 0 Å². The van der Waals surface area contributed by atoms with Gasteiger partial charge in [0.1, 0.15) is 5.25 Å². The van der Waals surface area contributed by atoms with Crippen molar-refractivity contribution in [3.05, 3.63) is 0 Å². The highest BCUT2D eigenvalue weighted by Gasteiger charge is 2.81. The molecule has 2 bridgehead atoms. The molecule has 0 aromatic carbocycles. The topological polar surface area (TPSA) is 33.0 Å². The van der Waals surface area contributed by atoms with Gasteiger partial charge in [-0.25, -0.2) is 0 Å². The van der Waals surface area contributed by atoms with Crippen molar-refractivity contribution in [1.29, 1.82) is 5.26 Å². The third kappa shape index (κ3) is 1.79. The van der Waals surface area contributed by atoms with Crippen LogP contribution in [0, 0.1) is 17.2 Å². The number of fused-ring (bicyclic) bond motifs is 2. The molecule has 2 rings (SSSR count). The summed E-state index contributed by atoms with van der Waals surface area (Å²) in [4.78, 5) is 0. The largest absolute Gasteiger partial charge is 0.367 e. The Hall–Kier alpha value is -0.260. The fourth-order valence-corrected chi connectivity index (χ4v) is 5.00. The Morgan fingerprint density at radius 3 is 2.24 bits per heavy atom.